The Morgan fingerprint density at radius 1 is 0.690 bits per heavy atom. The monoisotopic (exact) mass is 468 g/mol. The van der Waals surface area contributed by atoms with Crippen LogP contribution in [0.3, 0.4) is 0 Å². The minimum atomic E-state index is -1.03. The average molecular weight is 470 g/mol. The van der Waals surface area contributed by atoms with E-state index < -0.39 is 33.2 Å². The number of ketones is 2. The number of carbonyl (C=O) groups is 3. The van der Waals surface area contributed by atoms with Crippen molar-refractivity contribution in [3.05, 3.63) is 103 Å². The summed E-state index contributed by atoms with van der Waals surface area (Å²) in [6.07, 6.45) is 0. The minimum Gasteiger partial charge on any atom is -0.289 e. The number of carbonyl (C=O) groups excluding carboxylic acids is 3. The van der Waals surface area contributed by atoms with E-state index in [2.05, 4.69) is 0 Å². The quantitative estimate of drug-likeness (QED) is 0.311. The fraction of sp³-hybridized carbons (Fsp3) is 0. The van der Waals surface area contributed by atoms with E-state index in [-0.39, 0.29) is 32.3 Å². The first-order valence-electron chi connectivity index (χ1n) is 8.04. The van der Waals surface area contributed by atoms with Crippen LogP contribution >= 0.6 is 46.4 Å². The van der Waals surface area contributed by atoms with Gasteiger partial charge in [0.05, 0.1) is 31.8 Å². The summed E-state index contributed by atoms with van der Waals surface area (Å²) in [5, 5.41) is -1.57. The molecule has 3 rings (SSSR count). The van der Waals surface area contributed by atoms with Crippen LogP contribution in [0.15, 0.2) is 54.6 Å². The van der Waals surface area contributed by atoms with Crippen molar-refractivity contribution in [3.8, 4) is 0 Å². The number of rotatable bonds is 5. The Bertz CT molecular complexity index is 1170. The molecule has 3 nitrogen and oxygen atoms in total. The van der Waals surface area contributed by atoms with Gasteiger partial charge in [-0.2, -0.15) is 0 Å². The zero-order chi connectivity index (χ0) is 21.3. The predicted molar refractivity (Wildman–Crippen MR) is 111 cm³/mol. The molecule has 0 atom stereocenters. The van der Waals surface area contributed by atoms with Crippen molar-refractivity contribution >= 4 is 63.2 Å². The van der Waals surface area contributed by atoms with E-state index in [1.54, 1.807) is 12.1 Å². The highest BCUT2D eigenvalue weighted by Crippen LogP contribution is 2.36. The van der Waals surface area contributed by atoms with Gasteiger partial charge in [0.15, 0.2) is 11.6 Å². The second kappa shape index (κ2) is 8.64. The second-order valence-corrected chi connectivity index (χ2v) is 7.40. The lowest BCUT2D eigenvalue weighted by Gasteiger charge is -2.15. The Morgan fingerprint density at radius 2 is 1.28 bits per heavy atom. The Morgan fingerprint density at radius 3 is 1.86 bits per heavy atom. The second-order valence-electron chi connectivity index (χ2n) is 5.86. The summed E-state index contributed by atoms with van der Waals surface area (Å²) in [7, 11) is 0. The highest BCUT2D eigenvalue weighted by molar-refractivity contribution is 6.70. The molecule has 0 aliphatic heterocycles. The summed E-state index contributed by atoms with van der Waals surface area (Å²) >= 11 is 24.0. The third-order valence-electron chi connectivity index (χ3n) is 4.12. The van der Waals surface area contributed by atoms with Crippen molar-refractivity contribution < 1.29 is 18.8 Å². The molecule has 0 saturated carbocycles. The Labute approximate surface area is 185 Å². The molecule has 146 valence electrons. The van der Waals surface area contributed by atoms with Crippen LogP contribution in [0.4, 0.5) is 4.39 Å². The zero-order valence-electron chi connectivity index (χ0n) is 14.3. The van der Waals surface area contributed by atoms with Crippen LogP contribution in [0.25, 0.3) is 0 Å². The lowest BCUT2D eigenvalue weighted by atomic mass is 9.91. The van der Waals surface area contributed by atoms with Crippen LogP contribution in [0, 0.1) is 5.82 Å². The molecule has 0 aliphatic carbocycles. The molecule has 0 amide bonds. The highest BCUT2D eigenvalue weighted by atomic mass is 35.5. The summed E-state index contributed by atoms with van der Waals surface area (Å²) < 4.78 is 14.2. The molecule has 0 N–H and O–H groups in total. The molecule has 0 unspecified atom stereocenters. The van der Waals surface area contributed by atoms with E-state index in [9.17, 15) is 18.8 Å². The third kappa shape index (κ3) is 4.07. The largest absolute Gasteiger partial charge is 0.289 e. The molecule has 0 spiro atoms. The predicted octanol–water partition coefficient (Wildman–Crippen LogP) is 6.63. The first-order valence-corrected chi connectivity index (χ1v) is 9.55. The van der Waals surface area contributed by atoms with Gasteiger partial charge < -0.3 is 0 Å². The molecule has 0 fully saturated rings. The summed E-state index contributed by atoms with van der Waals surface area (Å²) in [5.74, 6) is -2.40. The van der Waals surface area contributed by atoms with Gasteiger partial charge >= 0.3 is 0 Å². The fourth-order valence-corrected chi connectivity index (χ4v) is 4.00. The van der Waals surface area contributed by atoms with E-state index in [1.807, 2.05) is 0 Å². The van der Waals surface area contributed by atoms with Crippen LogP contribution < -0.4 is 0 Å². The maximum absolute atomic E-state index is 14.2. The fourth-order valence-electron chi connectivity index (χ4n) is 2.77. The van der Waals surface area contributed by atoms with Gasteiger partial charge in [-0.05, 0) is 41.9 Å². The molecule has 0 heterocycles. The Balaban J connectivity index is 2.33. The molecule has 29 heavy (non-hydrogen) atoms. The molecular weight excluding hydrogens is 461 g/mol. The Kier molecular flexibility index (Phi) is 6.39. The maximum atomic E-state index is 14.2. The molecule has 3 aromatic rings. The molecular formula is C21H9Cl4FO3. The van der Waals surface area contributed by atoms with Gasteiger partial charge in [0, 0.05) is 11.1 Å². The van der Waals surface area contributed by atoms with Crippen molar-refractivity contribution in [3.63, 3.8) is 0 Å². The van der Waals surface area contributed by atoms with Crippen LogP contribution in [0.5, 0.6) is 0 Å². The molecule has 8 heteroatoms. The lowest BCUT2D eigenvalue weighted by Crippen LogP contribution is -2.15. The first-order chi connectivity index (χ1) is 13.7. The normalized spacial score (nSPS) is 10.7. The Hall–Kier alpha value is -2.24. The van der Waals surface area contributed by atoms with Gasteiger partial charge in [-0.15, -0.1) is 0 Å². The van der Waals surface area contributed by atoms with Crippen molar-refractivity contribution in [1.29, 1.82) is 0 Å². The smallest absolute Gasteiger partial charge is 0.255 e. The van der Waals surface area contributed by atoms with Crippen LogP contribution in [-0.4, -0.2) is 16.8 Å². The van der Waals surface area contributed by atoms with E-state index in [0.717, 1.165) is 12.1 Å². The van der Waals surface area contributed by atoms with E-state index >= 15 is 0 Å². The van der Waals surface area contributed by atoms with Crippen LogP contribution in [-0.2, 0) is 0 Å². The van der Waals surface area contributed by atoms with Gasteiger partial charge in [0.1, 0.15) is 5.82 Å². The van der Waals surface area contributed by atoms with Crippen molar-refractivity contribution in [2.24, 2.45) is 0 Å². The number of hydrogen-bond donors (Lipinski definition) is 0. The molecule has 0 bridgehead atoms. The van der Waals surface area contributed by atoms with Crippen molar-refractivity contribution in [2.45, 2.75) is 0 Å². The summed E-state index contributed by atoms with van der Waals surface area (Å²) in [6, 6.07) is 12.4. The van der Waals surface area contributed by atoms with E-state index in [0.29, 0.717) is 0 Å². The maximum Gasteiger partial charge on any atom is 0.255 e. The highest BCUT2D eigenvalue weighted by Gasteiger charge is 2.30. The molecule has 0 aromatic heterocycles. The van der Waals surface area contributed by atoms with Crippen LogP contribution in [0.1, 0.15) is 42.2 Å². The van der Waals surface area contributed by atoms with Crippen LogP contribution in [0.2, 0.25) is 15.1 Å². The summed E-state index contributed by atoms with van der Waals surface area (Å²) in [5.41, 5.74) is -1.24. The first kappa shape index (κ1) is 21.5. The molecule has 0 radical (unpaired) electrons. The van der Waals surface area contributed by atoms with Gasteiger partial charge in [0.25, 0.3) is 5.24 Å². The number of halogens is 5. The van der Waals surface area contributed by atoms with Gasteiger partial charge in [-0.25, -0.2) is 4.39 Å². The van der Waals surface area contributed by atoms with Gasteiger partial charge in [-0.1, -0.05) is 59.1 Å². The number of hydrogen-bond acceptors (Lipinski definition) is 3. The third-order valence-corrected chi connectivity index (χ3v) is 5.32. The van der Waals surface area contributed by atoms with E-state index in [4.69, 9.17) is 46.4 Å². The van der Waals surface area contributed by atoms with Crippen molar-refractivity contribution in [2.75, 3.05) is 0 Å². The average Bonchev–Trinajstić information content (AvgIpc) is 2.67. The number of benzene rings is 3. The zero-order valence-corrected chi connectivity index (χ0v) is 17.3. The topological polar surface area (TPSA) is 51.2 Å². The van der Waals surface area contributed by atoms with Gasteiger partial charge in [-0.3, -0.25) is 14.4 Å². The molecule has 3 aromatic carbocycles. The summed E-state index contributed by atoms with van der Waals surface area (Å²) in [4.78, 5) is 38.0. The van der Waals surface area contributed by atoms with E-state index in [1.165, 1.54) is 30.3 Å². The minimum absolute atomic E-state index is 0.0776. The lowest BCUT2D eigenvalue weighted by molar-refractivity contribution is 0.100. The SMILES string of the molecule is O=C(c1ccccc1Cl)c1cc(Cl)c(C(=O)Cl)c(Cl)c1C(=O)c1ccccc1F. The standard InChI is InChI=1S/C21H9Cl4FO3/c22-13-7-3-1-5-10(13)19(27)12-9-14(23)17(21(25)29)18(24)16(12)20(28)11-6-2-4-8-15(11)26/h1-9H. The van der Waals surface area contributed by atoms with Gasteiger partial charge in [0.2, 0.25) is 0 Å². The summed E-state index contributed by atoms with van der Waals surface area (Å²) in [6.45, 7) is 0. The molecule has 0 aliphatic rings. The van der Waals surface area contributed by atoms with Crippen molar-refractivity contribution in [1.82, 2.24) is 0 Å². The molecule has 0 saturated heterocycles.